The van der Waals surface area contributed by atoms with Crippen molar-refractivity contribution in [3.05, 3.63) is 48.5 Å². The molecule has 1 heterocycles. The number of nitrogens with one attached hydrogen (secondary N) is 1. The molecule has 186 valence electrons. The van der Waals surface area contributed by atoms with Crippen LogP contribution < -0.4 is 10.1 Å². The molecule has 2 aromatic rings. The molecule has 0 saturated carbocycles. The van der Waals surface area contributed by atoms with Crippen molar-refractivity contribution in [2.75, 3.05) is 33.3 Å². The van der Waals surface area contributed by atoms with Crippen LogP contribution in [0.1, 0.15) is 27.2 Å². The summed E-state index contributed by atoms with van der Waals surface area (Å²) in [5.41, 5.74) is 1.77. The Bertz CT molecular complexity index is 1080. The lowest BCUT2D eigenvalue weighted by Crippen LogP contribution is -2.51. The number of fused-ring (bicyclic) bond motifs is 1. The monoisotopic (exact) mass is 489 g/mol. The van der Waals surface area contributed by atoms with Crippen LogP contribution in [-0.2, 0) is 10.0 Å². The highest BCUT2D eigenvalue weighted by atomic mass is 32.2. The summed E-state index contributed by atoms with van der Waals surface area (Å²) in [6, 6.07) is 13.9. The van der Waals surface area contributed by atoms with Crippen molar-refractivity contribution in [3.63, 3.8) is 0 Å². The summed E-state index contributed by atoms with van der Waals surface area (Å²) in [5, 5.41) is 12.6. The zero-order chi connectivity index (χ0) is 24.9. The molecule has 1 aliphatic heterocycles. The van der Waals surface area contributed by atoms with Crippen LogP contribution in [0.5, 0.6) is 5.75 Å². The van der Waals surface area contributed by atoms with Gasteiger partial charge in [-0.2, -0.15) is 4.31 Å². The van der Waals surface area contributed by atoms with E-state index in [9.17, 15) is 18.3 Å². The van der Waals surface area contributed by atoms with Gasteiger partial charge >= 0.3 is 6.03 Å². The number of likely N-dealkylation sites (N-methyl/N-ethyl adjacent to an activating group) is 1. The van der Waals surface area contributed by atoms with Crippen LogP contribution in [0.4, 0.5) is 4.79 Å². The van der Waals surface area contributed by atoms with Crippen molar-refractivity contribution >= 4 is 16.1 Å². The predicted molar refractivity (Wildman–Crippen MR) is 132 cm³/mol. The number of benzene rings is 2. The second kappa shape index (κ2) is 11.2. The number of hydrogen-bond donors (Lipinski definition) is 2. The Morgan fingerprint density at radius 2 is 1.94 bits per heavy atom. The molecule has 0 radical (unpaired) electrons. The molecule has 2 aromatic carbocycles. The third kappa shape index (κ3) is 5.71. The standard InChI is InChI=1S/C25H35N3O5S/c1-5-13-26-25(30)27(4)16-23-18(2)15-28(19(3)17-29)34(31,32)24-12-11-21(14-22(24)33-23)20-9-7-6-8-10-20/h6-12,14,18-19,23,29H,5,13,15-17H2,1-4H3,(H,26,30)/t18-,19-,23-/m1/s1. The SMILES string of the molecule is CCCNC(=O)N(C)C[C@H]1Oc2cc(-c3ccccc3)ccc2S(=O)(=O)N([C@H](C)CO)C[C@H]1C. The lowest BCUT2D eigenvalue weighted by molar-refractivity contribution is 0.0813. The maximum atomic E-state index is 13.6. The van der Waals surface area contributed by atoms with Crippen LogP contribution in [0.15, 0.2) is 53.4 Å². The normalized spacial score (nSPS) is 20.9. The number of carbonyl (C=O) groups excluding carboxylic acids is 1. The number of rotatable bonds is 7. The Morgan fingerprint density at radius 1 is 1.24 bits per heavy atom. The Kier molecular flexibility index (Phi) is 8.57. The molecule has 0 bridgehead atoms. The molecule has 34 heavy (non-hydrogen) atoms. The van der Waals surface area contributed by atoms with Crippen molar-refractivity contribution in [2.24, 2.45) is 5.92 Å². The van der Waals surface area contributed by atoms with Gasteiger partial charge in [0.2, 0.25) is 10.0 Å². The molecule has 3 atom stereocenters. The fourth-order valence-corrected chi connectivity index (χ4v) is 5.80. The topological polar surface area (TPSA) is 99.2 Å². The molecule has 0 fully saturated rings. The molecule has 9 heteroatoms. The van der Waals surface area contributed by atoms with Crippen molar-refractivity contribution in [1.29, 1.82) is 0 Å². The number of ether oxygens (including phenoxy) is 1. The molecule has 0 aliphatic carbocycles. The van der Waals surface area contributed by atoms with Gasteiger partial charge in [-0.3, -0.25) is 0 Å². The van der Waals surface area contributed by atoms with Gasteiger partial charge in [-0.05, 0) is 36.6 Å². The average molecular weight is 490 g/mol. The van der Waals surface area contributed by atoms with Gasteiger partial charge in [0.1, 0.15) is 16.7 Å². The number of nitrogens with zero attached hydrogens (tertiary/aromatic N) is 2. The number of amides is 2. The smallest absolute Gasteiger partial charge is 0.317 e. The lowest BCUT2D eigenvalue weighted by atomic mass is 10.0. The highest BCUT2D eigenvalue weighted by molar-refractivity contribution is 7.89. The minimum absolute atomic E-state index is 0.0578. The van der Waals surface area contributed by atoms with Crippen molar-refractivity contribution in [3.8, 4) is 16.9 Å². The Hall–Kier alpha value is -2.62. The van der Waals surface area contributed by atoms with E-state index in [0.29, 0.717) is 6.54 Å². The van der Waals surface area contributed by atoms with Gasteiger partial charge in [-0.15, -0.1) is 0 Å². The Morgan fingerprint density at radius 3 is 2.59 bits per heavy atom. The van der Waals surface area contributed by atoms with Crippen LogP contribution in [-0.4, -0.2) is 74.2 Å². The molecule has 2 amide bonds. The van der Waals surface area contributed by atoms with E-state index in [1.807, 2.05) is 44.2 Å². The van der Waals surface area contributed by atoms with E-state index in [4.69, 9.17) is 4.74 Å². The number of hydrogen-bond acceptors (Lipinski definition) is 5. The van der Waals surface area contributed by atoms with Gasteiger partial charge in [0.15, 0.2) is 0 Å². The third-order valence-corrected chi connectivity index (χ3v) is 8.12. The second-order valence-corrected chi connectivity index (χ2v) is 10.7. The van der Waals surface area contributed by atoms with Gasteiger partial charge < -0.3 is 20.1 Å². The summed E-state index contributed by atoms with van der Waals surface area (Å²) in [4.78, 5) is 14.1. The van der Waals surface area contributed by atoms with Gasteiger partial charge in [0.05, 0.1) is 13.2 Å². The van der Waals surface area contributed by atoms with Crippen LogP contribution in [0.2, 0.25) is 0 Å². The molecule has 0 spiro atoms. The van der Waals surface area contributed by atoms with E-state index in [1.165, 1.54) is 4.31 Å². The summed E-state index contributed by atoms with van der Waals surface area (Å²) in [6.45, 7) is 6.30. The maximum Gasteiger partial charge on any atom is 0.317 e. The van der Waals surface area contributed by atoms with E-state index in [1.54, 1.807) is 37.1 Å². The second-order valence-electron chi connectivity index (χ2n) is 8.88. The van der Waals surface area contributed by atoms with Gasteiger partial charge in [-0.1, -0.05) is 50.2 Å². The molecular formula is C25H35N3O5S. The highest BCUT2D eigenvalue weighted by Crippen LogP contribution is 2.36. The van der Waals surface area contributed by atoms with E-state index in [2.05, 4.69) is 5.32 Å². The summed E-state index contributed by atoms with van der Waals surface area (Å²) in [5.74, 6) is 0.00846. The number of aliphatic hydroxyl groups excluding tert-OH is 1. The first kappa shape index (κ1) is 26.0. The first-order valence-corrected chi connectivity index (χ1v) is 13.1. The van der Waals surface area contributed by atoms with Gasteiger partial charge in [0.25, 0.3) is 0 Å². The number of sulfonamides is 1. The van der Waals surface area contributed by atoms with E-state index >= 15 is 0 Å². The zero-order valence-corrected chi connectivity index (χ0v) is 21.1. The van der Waals surface area contributed by atoms with E-state index in [-0.39, 0.29) is 42.3 Å². The van der Waals surface area contributed by atoms with Crippen molar-refractivity contribution < 1.29 is 23.1 Å². The lowest BCUT2D eigenvalue weighted by Gasteiger charge is -2.37. The summed E-state index contributed by atoms with van der Waals surface area (Å²) < 4.78 is 34.9. The molecule has 0 unspecified atom stereocenters. The number of carbonyl (C=O) groups is 1. The van der Waals surface area contributed by atoms with Crippen LogP contribution >= 0.6 is 0 Å². The van der Waals surface area contributed by atoms with Crippen LogP contribution in [0.25, 0.3) is 11.1 Å². The minimum Gasteiger partial charge on any atom is -0.487 e. The minimum atomic E-state index is -3.91. The largest absolute Gasteiger partial charge is 0.487 e. The number of urea groups is 1. The quantitative estimate of drug-likeness (QED) is 0.622. The predicted octanol–water partition coefficient (Wildman–Crippen LogP) is 3.17. The number of aliphatic hydroxyl groups is 1. The van der Waals surface area contributed by atoms with Crippen molar-refractivity contribution in [1.82, 2.24) is 14.5 Å². The molecule has 2 N–H and O–H groups in total. The average Bonchev–Trinajstić information content (AvgIpc) is 2.84. The molecule has 8 nitrogen and oxygen atoms in total. The summed E-state index contributed by atoms with van der Waals surface area (Å²) in [6.07, 6.45) is 0.378. The van der Waals surface area contributed by atoms with E-state index in [0.717, 1.165) is 17.5 Å². The maximum absolute atomic E-state index is 13.6. The zero-order valence-electron chi connectivity index (χ0n) is 20.3. The fraction of sp³-hybridized carbons (Fsp3) is 0.480. The Labute approximate surface area is 202 Å². The van der Waals surface area contributed by atoms with Crippen LogP contribution in [0.3, 0.4) is 0 Å². The van der Waals surface area contributed by atoms with E-state index < -0.39 is 22.2 Å². The van der Waals surface area contributed by atoms with Gasteiger partial charge in [0, 0.05) is 32.1 Å². The first-order chi connectivity index (χ1) is 16.2. The summed E-state index contributed by atoms with van der Waals surface area (Å²) >= 11 is 0. The molecule has 3 rings (SSSR count). The molecule has 0 saturated heterocycles. The Balaban J connectivity index is 2.04. The molecule has 1 aliphatic rings. The summed E-state index contributed by atoms with van der Waals surface area (Å²) in [7, 11) is -2.21. The highest BCUT2D eigenvalue weighted by Gasteiger charge is 2.38. The fourth-order valence-electron chi connectivity index (χ4n) is 3.97. The first-order valence-electron chi connectivity index (χ1n) is 11.7. The third-order valence-electron chi connectivity index (χ3n) is 6.10. The van der Waals surface area contributed by atoms with Crippen LogP contribution in [0, 0.1) is 5.92 Å². The molecule has 0 aromatic heterocycles. The molecular weight excluding hydrogens is 454 g/mol. The van der Waals surface area contributed by atoms with Crippen molar-refractivity contribution in [2.45, 2.75) is 44.2 Å². The van der Waals surface area contributed by atoms with Gasteiger partial charge in [-0.25, -0.2) is 13.2 Å².